The van der Waals surface area contributed by atoms with Gasteiger partial charge in [0.05, 0.1) is 10.6 Å². The van der Waals surface area contributed by atoms with Crippen LogP contribution in [0.4, 0.5) is 10.6 Å². The number of amides is 2. The number of pyridine rings is 1. The van der Waals surface area contributed by atoms with Gasteiger partial charge >= 0.3 is 0 Å². The van der Waals surface area contributed by atoms with Crippen molar-refractivity contribution >= 4 is 34.8 Å². The molecule has 3 fully saturated rings. The number of thioether (sulfide) groups is 1. The largest absolute Gasteiger partial charge is 0.357 e. The van der Waals surface area contributed by atoms with Crippen LogP contribution in [0.5, 0.6) is 0 Å². The molecule has 2 aliphatic heterocycles. The summed E-state index contributed by atoms with van der Waals surface area (Å²) in [5.41, 5.74) is 0.714. The SMILES string of the molecule is O=C1NC(=O)/C(=C/c2cccc(N3CCC(CNC4CCCCC4)CC3)n2)S1. The Morgan fingerprint density at radius 2 is 1.93 bits per heavy atom. The summed E-state index contributed by atoms with van der Waals surface area (Å²) in [7, 11) is 0. The molecular weight excluding hydrogens is 372 g/mol. The van der Waals surface area contributed by atoms with Gasteiger partial charge in [-0.25, -0.2) is 4.98 Å². The zero-order valence-electron chi connectivity index (χ0n) is 16.2. The molecule has 2 amide bonds. The van der Waals surface area contributed by atoms with Crippen LogP contribution < -0.4 is 15.5 Å². The predicted octanol–water partition coefficient (Wildman–Crippen LogP) is 3.54. The molecule has 0 atom stereocenters. The monoisotopic (exact) mass is 400 g/mol. The quantitative estimate of drug-likeness (QED) is 0.737. The van der Waals surface area contributed by atoms with Gasteiger partial charge in [0.15, 0.2) is 0 Å². The summed E-state index contributed by atoms with van der Waals surface area (Å²) in [5, 5.41) is 5.75. The molecule has 6 nitrogen and oxygen atoms in total. The number of aromatic nitrogens is 1. The van der Waals surface area contributed by atoms with Crippen molar-refractivity contribution in [1.82, 2.24) is 15.6 Å². The van der Waals surface area contributed by atoms with Crippen molar-refractivity contribution in [3.8, 4) is 0 Å². The van der Waals surface area contributed by atoms with Crippen molar-refractivity contribution in [3.05, 3.63) is 28.8 Å². The van der Waals surface area contributed by atoms with Gasteiger partial charge in [-0.3, -0.25) is 14.9 Å². The first-order valence-corrected chi connectivity index (χ1v) is 11.2. The number of hydrogen-bond donors (Lipinski definition) is 2. The number of imide groups is 1. The van der Waals surface area contributed by atoms with Gasteiger partial charge in [-0.15, -0.1) is 0 Å². The third-order valence-electron chi connectivity index (χ3n) is 5.92. The molecule has 2 N–H and O–H groups in total. The van der Waals surface area contributed by atoms with Crippen LogP contribution in [0.2, 0.25) is 0 Å². The van der Waals surface area contributed by atoms with E-state index < -0.39 is 0 Å². The molecule has 0 bridgehead atoms. The molecule has 2 saturated heterocycles. The van der Waals surface area contributed by atoms with Crippen LogP contribution >= 0.6 is 11.8 Å². The summed E-state index contributed by atoms with van der Waals surface area (Å²) in [6.07, 6.45) is 10.9. The van der Waals surface area contributed by atoms with E-state index in [9.17, 15) is 9.59 Å². The minimum atomic E-state index is -0.339. The topological polar surface area (TPSA) is 74.3 Å². The van der Waals surface area contributed by atoms with Crippen LogP contribution in [0.3, 0.4) is 0 Å². The van der Waals surface area contributed by atoms with Gasteiger partial charge in [0.2, 0.25) is 0 Å². The molecule has 1 aliphatic carbocycles. The minimum Gasteiger partial charge on any atom is -0.357 e. The normalized spacial score (nSPS) is 23.4. The number of hydrogen-bond acceptors (Lipinski definition) is 6. The summed E-state index contributed by atoms with van der Waals surface area (Å²) >= 11 is 0.928. The molecule has 1 saturated carbocycles. The zero-order valence-corrected chi connectivity index (χ0v) is 17.0. The summed E-state index contributed by atoms with van der Waals surface area (Å²) in [4.78, 5) is 30.5. The first-order valence-electron chi connectivity index (χ1n) is 10.4. The molecule has 0 unspecified atom stereocenters. The Balaban J connectivity index is 1.30. The van der Waals surface area contributed by atoms with Crippen LogP contribution in [0.15, 0.2) is 23.1 Å². The molecule has 1 aromatic heterocycles. The number of nitrogens with zero attached hydrogens (tertiary/aromatic N) is 2. The van der Waals surface area contributed by atoms with E-state index >= 15 is 0 Å². The Hall–Kier alpha value is -1.86. The Bertz CT molecular complexity index is 753. The number of piperidine rings is 1. The maximum Gasteiger partial charge on any atom is 0.290 e. The van der Waals surface area contributed by atoms with Gasteiger partial charge in [-0.05, 0) is 68.1 Å². The maximum atomic E-state index is 11.7. The van der Waals surface area contributed by atoms with E-state index in [0.29, 0.717) is 10.6 Å². The van der Waals surface area contributed by atoms with E-state index in [1.54, 1.807) is 6.08 Å². The Morgan fingerprint density at radius 3 is 2.64 bits per heavy atom. The average molecular weight is 401 g/mol. The van der Waals surface area contributed by atoms with Crippen LogP contribution in [0.1, 0.15) is 50.6 Å². The summed E-state index contributed by atoms with van der Waals surface area (Å²) in [5.74, 6) is 1.35. The summed E-state index contributed by atoms with van der Waals surface area (Å²) in [6.45, 7) is 3.16. The van der Waals surface area contributed by atoms with Gasteiger partial charge in [0, 0.05) is 19.1 Å². The lowest BCUT2D eigenvalue weighted by Crippen LogP contribution is -2.40. The van der Waals surface area contributed by atoms with Gasteiger partial charge < -0.3 is 10.2 Å². The Kier molecular flexibility index (Phi) is 6.32. The van der Waals surface area contributed by atoms with E-state index in [2.05, 4.69) is 15.5 Å². The van der Waals surface area contributed by atoms with E-state index in [4.69, 9.17) is 4.98 Å². The molecule has 28 heavy (non-hydrogen) atoms. The summed E-state index contributed by atoms with van der Waals surface area (Å²) < 4.78 is 0. The van der Waals surface area contributed by atoms with Crippen molar-refractivity contribution in [2.24, 2.45) is 5.92 Å². The molecule has 3 aliphatic rings. The van der Waals surface area contributed by atoms with Gasteiger partial charge in [-0.1, -0.05) is 25.3 Å². The number of nitrogens with one attached hydrogen (secondary N) is 2. The molecule has 0 radical (unpaired) electrons. The second kappa shape index (κ2) is 9.09. The van der Waals surface area contributed by atoms with E-state index in [1.165, 1.54) is 44.9 Å². The number of rotatable bonds is 5. The number of carbonyl (C=O) groups excluding carboxylic acids is 2. The number of carbonyl (C=O) groups is 2. The molecule has 0 spiro atoms. The van der Waals surface area contributed by atoms with Crippen molar-refractivity contribution < 1.29 is 9.59 Å². The molecule has 150 valence electrons. The van der Waals surface area contributed by atoms with Gasteiger partial charge in [0.25, 0.3) is 11.1 Å². The van der Waals surface area contributed by atoms with Crippen LogP contribution in [-0.4, -0.2) is 41.8 Å². The molecule has 1 aromatic rings. The molecule has 3 heterocycles. The van der Waals surface area contributed by atoms with E-state index in [1.807, 2.05) is 18.2 Å². The Morgan fingerprint density at radius 1 is 1.14 bits per heavy atom. The van der Waals surface area contributed by atoms with Crippen LogP contribution in [0.25, 0.3) is 6.08 Å². The van der Waals surface area contributed by atoms with Crippen molar-refractivity contribution in [3.63, 3.8) is 0 Å². The smallest absolute Gasteiger partial charge is 0.290 e. The van der Waals surface area contributed by atoms with Crippen LogP contribution in [-0.2, 0) is 4.79 Å². The fraction of sp³-hybridized carbons (Fsp3) is 0.571. The lowest BCUT2D eigenvalue weighted by molar-refractivity contribution is -0.115. The highest BCUT2D eigenvalue weighted by Gasteiger charge is 2.25. The zero-order chi connectivity index (χ0) is 19.3. The van der Waals surface area contributed by atoms with E-state index in [-0.39, 0.29) is 11.1 Å². The standard InChI is InChI=1S/C21H28N4O2S/c26-20-18(28-21(27)24-20)13-17-7-4-8-19(23-17)25-11-9-15(10-12-25)14-22-16-5-2-1-3-6-16/h4,7-8,13,15-16,22H,1-3,5-6,9-12,14H2,(H,24,26,27)/b18-13-. The third kappa shape index (κ3) is 4.94. The highest BCUT2D eigenvalue weighted by Crippen LogP contribution is 2.27. The average Bonchev–Trinajstić information content (AvgIpc) is 3.04. The molecule has 0 aromatic carbocycles. The van der Waals surface area contributed by atoms with Gasteiger partial charge in [0.1, 0.15) is 5.82 Å². The molecule has 7 heteroatoms. The second-order valence-corrected chi connectivity index (χ2v) is 8.96. The lowest BCUT2D eigenvalue weighted by Gasteiger charge is -2.34. The number of anilines is 1. The minimum absolute atomic E-state index is 0.323. The van der Waals surface area contributed by atoms with Crippen molar-refractivity contribution in [2.75, 3.05) is 24.5 Å². The maximum absolute atomic E-state index is 11.7. The van der Waals surface area contributed by atoms with E-state index in [0.717, 1.165) is 49.2 Å². The fourth-order valence-electron chi connectivity index (χ4n) is 4.26. The highest BCUT2D eigenvalue weighted by molar-refractivity contribution is 8.18. The third-order valence-corrected chi connectivity index (χ3v) is 6.73. The fourth-order valence-corrected chi connectivity index (χ4v) is 4.92. The van der Waals surface area contributed by atoms with Crippen molar-refractivity contribution in [1.29, 1.82) is 0 Å². The second-order valence-electron chi connectivity index (χ2n) is 7.95. The predicted molar refractivity (Wildman–Crippen MR) is 113 cm³/mol. The molecular formula is C21H28N4O2S. The first-order chi connectivity index (χ1) is 13.7. The van der Waals surface area contributed by atoms with Crippen LogP contribution in [0, 0.1) is 5.92 Å². The lowest BCUT2D eigenvalue weighted by atomic mass is 9.93. The molecule has 4 rings (SSSR count). The Labute approximate surface area is 170 Å². The summed E-state index contributed by atoms with van der Waals surface area (Å²) in [6, 6.07) is 6.59. The first kappa shape index (κ1) is 19.5. The van der Waals surface area contributed by atoms with Gasteiger partial charge in [-0.2, -0.15) is 0 Å². The van der Waals surface area contributed by atoms with Crippen molar-refractivity contribution in [2.45, 2.75) is 51.0 Å². The highest BCUT2D eigenvalue weighted by atomic mass is 32.2.